The van der Waals surface area contributed by atoms with Gasteiger partial charge in [0.25, 0.3) is 0 Å². The van der Waals surface area contributed by atoms with Crippen molar-refractivity contribution in [1.82, 2.24) is 9.97 Å². The number of anilines is 1. The van der Waals surface area contributed by atoms with Gasteiger partial charge in [0, 0.05) is 36.6 Å². The second-order valence-corrected chi connectivity index (χ2v) is 5.71. The zero-order valence-electron chi connectivity index (χ0n) is 13.9. The van der Waals surface area contributed by atoms with Crippen LogP contribution in [0.3, 0.4) is 0 Å². The monoisotopic (exact) mass is 363 g/mol. The molecule has 0 saturated heterocycles. The van der Waals surface area contributed by atoms with Gasteiger partial charge >= 0.3 is 6.18 Å². The van der Waals surface area contributed by atoms with E-state index in [4.69, 9.17) is 4.74 Å². The summed E-state index contributed by atoms with van der Waals surface area (Å²) in [5.74, 6) is -0.474. The molecule has 0 saturated carbocycles. The second-order valence-electron chi connectivity index (χ2n) is 5.71. The first kappa shape index (κ1) is 17.8. The van der Waals surface area contributed by atoms with Crippen LogP contribution in [0.5, 0.6) is 5.75 Å². The number of nitrogens with one attached hydrogen (secondary N) is 2. The number of carbonyl (C=O) groups is 1. The molecule has 0 aliphatic carbocycles. The van der Waals surface area contributed by atoms with Gasteiger partial charge in [0.2, 0.25) is 5.91 Å². The van der Waals surface area contributed by atoms with Gasteiger partial charge in [-0.1, -0.05) is 6.07 Å². The predicted octanol–water partition coefficient (Wildman–Crippen LogP) is 4.16. The number of benzene rings is 1. The highest BCUT2D eigenvalue weighted by Gasteiger charge is 2.36. The summed E-state index contributed by atoms with van der Waals surface area (Å²) in [7, 11) is 0. The van der Waals surface area contributed by atoms with Crippen molar-refractivity contribution in [3.8, 4) is 5.75 Å². The van der Waals surface area contributed by atoms with Gasteiger partial charge in [-0.15, -0.1) is 0 Å². The van der Waals surface area contributed by atoms with E-state index in [0.29, 0.717) is 12.1 Å². The third kappa shape index (κ3) is 3.96. The third-order valence-corrected chi connectivity index (χ3v) is 3.74. The summed E-state index contributed by atoms with van der Waals surface area (Å²) in [5.41, 5.74) is 1.35. The largest absolute Gasteiger partial charge is 0.491 e. The van der Waals surface area contributed by atoms with E-state index in [2.05, 4.69) is 15.3 Å². The first-order valence-corrected chi connectivity index (χ1v) is 7.87. The Balaban J connectivity index is 1.72. The van der Waals surface area contributed by atoms with Crippen molar-refractivity contribution in [2.24, 2.45) is 0 Å². The van der Waals surface area contributed by atoms with Gasteiger partial charge < -0.3 is 15.0 Å². The maximum atomic E-state index is 12.9. The van der Waals surface area contributed by atoms with Crippen molar-refractivity contribution in [2.45, 2.75) is 19.5 Å². The molecule has 0 unspecified atom stereocenters. The van der Waals surface area contributed by atoms with Crippen LogP contribution in [0, 0.1) is 0 Å². The molecule has 136 valence electrons. The molecular formula is C18H16F3N3O2. The Bertz CT molecular complexity index is 935. The van der Waals surface area contributed by atoms with E-state index in [1.807, 2.05) is 18.2 Å². The maximum absolute atomic E-state index is 12.9. The van der Waals surface area contributed by atoms with Gasteiger partial charge in [-0.3, -0.25) is 4.79 Å². The maximum Gasteiger partial charge on any atom is 0.437 e. The number of ether oxygens (including phenoxy) is 1. The van der Waals surface area contributed by atoms with Gasteiger partial charge in [0.05, 0.1) is 12.3 Å². The minimum Gasteiger partial charge on any atom is -0.491 e. The number of fused-ring (bicyclic) bond motifs is 1. The van der Waals surface area contributed by atoms with E-state index in [9.17, 15) is 18.0 Å². The fraction of sp³-hybridized carbons (Fsp3) is 0.222. The molecule has 0 spiro atoms. The molecule has 0 atom stereocenters. The van der Waals surface area contributed by atoms with Crippen molar-refractivity contribution in [2.75, 3.05) is 11.9 Å². The molecule has 0 bridgehead atoms. The lowest BCUT2D eigenvalue weighted by Gasteiger charge is -2.12. The van der Waals surface area contributed by atoms with E-state index in [-0.39, 0.29) is 18.3 Å². The van der Waals surface area contributed by atoms with Gasteiger partial charge in [0.1, 0.15) is 5.75 Å². The number of carbonyl (C=O) groups excluding carboxylic acids is 1. The SMILES string of the molecule is CC(=O)Nc1c[nH]c2ccc(CCOc3cccnc3C(F)(F)F)cc12. The number of nitrogens with zero attached hydrogens (tertiary/aromatic N) is 1. The number of aromatic nitrogens is 2. The normalized spacial score (nSPS) is 11.5. The van der Waals surface area contributed by atoms with Crippen molar-refractivity contribution >= 4 is 22.5 Å². The predicted molar refractivity (Wildman–Crippen MR) is 91.0 cm³/mol. The Morgan fingerprint density at radius 3 is 2.85 bits per heavy atom. The first-order valence-electron chi connectivity index (χ1n) is 7.87. The fourth-order valence-corrected chi connectivity index (χ4v) is 2.62. The lowest BCUT2D eigenvalue weighted by molar-refractivity contribution is -0.142. The molecule has 26 heavy (non-hydrogen) atoms. The van der Waals surface area contributed by atoms with E-state index in [1.54, 1.807) is 6.20 Å². The molecule has 2 N–H and O–H groups in total. The summed E-state index contributed by atoms with van der Waals surface area (Å²) in [6.45, 7) is 1.49. The number of halogens is 3. The average molecular weight is 363 g/mol. The number of aromatic amines is 1. The summed E-state index contributed by atoms with van der Waals surface area (Å²) in [6, 6.07) is 8.22. The molecule has 0 aliphatic heterocycles. The van der Waals surface area contributed by atoms with Crippen LogP contribution in [0.25, 0.3) is 10.9 Å². The van der Waals surface area contributed by atoms with Gasteiger partial charge in [0.15, 0.2) is 5.69 Å². The Kier molecular flexibility index (Phi) is 4.83. The van der Waals surface area contributed by atoms with Crippen LogP contribution in [0.4, 0.5) is 18.9 Å². The number of rotatable bonds is 5. The molecule has 8 heteroatoms. The number of H-pyrrole nitrogens is 1. The highest BCUT2D eigenvalue weighted by molar-refractivity contribution is 6.01. The van der Waals surface area contributed by atoms with Crippen LogP contribution in [-0.2, 0) is 17.4 Å². The second kappa shape index (κ2) is 7.07. The molecule has 3 rings (SSSR count). The Labute approximate surface area is 147 Å². The lowest BCUT2D eigenvalue weighted by atomic mass is 10.1. The molecule has 5 nitrogen and oxygen atoms in total. The van der Waals surface area contributed by atoms with Gasteiger partial charge in [-0.05, 0) is 29.8 Å². The summed E-state index contributed by atoms with van der Waals surface area (Å²) in [6.07, 6.45) is -1.38. The Hall–Kier alpha value is -3.03. The summed E-state index contributed by atoms with van der Waals surface area (Å²) in [4.78, 5) is 17.6. The smallest absolute Gasteiger partial charge is 0.437 e. The summed E-state index contributed by atoms with van der Waals surface area (Å²) >= 11 is 0. The standard InChI is InChI=1S/C18H16F3N3O2/c1-11(25)24-15-10-23-14-5-4-12(9-13(14)15)6-8-26-16-3-2-7-22-17(16)18(19,20)21/h2-5,7,9-10,23H,6,8H2,1H3,(H,24,25). The van der Waals surface area contributed by atoms with Crippen LogP contribution in [0.15, 0.2) is 42.7 Å². The highest BCUT2D eigenvalue weighted by atomic mass is 19.4. The van der Waals surface area contributed by atoms with Crippen LogP contribution >= 0.6 is 0 Å². The number of amides is 1. The van der Waals surface area contributed by atoms with Crippen molar-refractivity contribution < 1.29 is 22.7 Å². The minimum absolute atomic E-state index is 0.0696. The van der Waals surface area contributed by atoms with E-state index >= 15 is 0 Å². The van der Waals surface area contributed by atoms with Crippen LogP contribution in [-0.4, -0.2) is 22.5 Å². The van der Waals surface area contributed by atoms with Gasteiger partial charge in [-0.2, -0.15) is 13.2 Å². The number of hydrogen-bond donors (Lipinski definition) is 2. The van der Waals surface area contributed by atoms with Crippen molar-refractivity contribution in [3.63, 3.8) is 0 Å². The van der Waals surface area contributed by atoms with Crippen molar-refractivity contribution in [1.29, 1.82) is 0 Å². The highest BCUT2D eigenvalue weighted by Crippen LogP contribution is 2.34. The molecule has 0 fully saturated rings. The molecular weight excluding hydrogens is 347 g/mol. The Morgan fingerprint density at radius 1 is 1.31 bits per heavy atom. The molecule has 3 aromatic rings. The van der Waals surface area contributed by atoms with E-state index in [1.165, 1.54) is 19.1 Å². The minimum atomic E-state index is -4.56. The Morgan fingerprint density at radius 2 is 2.12 bits per heavy atom. The van der Waals surface area contributed by atoms with E-state index in [0.717, 1.165) is 22.7 Å². The van der Waals surface area contributed by atoms with Crippen LogP contribution in [0.2, 0.25) is 0 Å². The number of pyridine rings is 1. The number of hydrogen-bond acceptors (Lipinski definition) is 3. The third-order valence-electron chi connectivity index (χ3n) is 3.74. The zero-order valence-corrected chi connectivity index (χ0v) is 13.9. The quantitative estimate of drug-likeness (QED) is 0.715. The zero-order chi connectivity index (χ0) is 18.7. The lowest BCUT2D eigenvalue weighted by Crippen LogP contribution is -2.12. The van der Waals surface area contributed by atoms with Crippen LogP contribution < -0.4 is 10.1 Å². The molecule has 1 amide bonds. The molecule has 0 aliphatic rings. The molecule has 2 aromatic heterocycles. The molecule has 1 aromatic carbocycles. The van der Waals surface area contributed by atoms with Crippen molar-refractivity contribution in [3.05, 3.63) is 54.0 Å². The first-order chi connectivity index (χ1) is 12.3. The summed E-state index contributed by atoms with van der Waals surface area (Å²) in [5, 5.41) is 3.56. The average Bonchev–Trinajstić information content (AvgIpc) is 2.96. The summed E-state index contributed by atoms with van der Waals surface area (Å²) < 4.78 is 44.0. The molecule has 2 heterocycles. The van der Waals surface area contributed by atoms with Crippen LogP contribution in [0.1, 0.15) is 18.2 Å². The van der Waals surface area contributed by atoms with E-state index < -0.39 is 11.9 Å². The number of alkyl halides is 3. The fourth-order valence-electron chi connectivity index (χ4n) is 2.62. The molecule has 0 radical (unpaired) electrons. The topological polar surface area (TPSA) is 67.0 Å². The van der Waals surface area contributed by atoms with Gasteiger partial charge in [-0.25, -0.2) is 4.98 Å².